The summed E-state index contributed by atoms with van der Waals surface area (Å²) in [5.74, 6) is -0.388. The van der Waals surface area contributed by atoms with E-state index in [2.05, 4.69) is 23.5 Å². The van der Waals surface area contributed by atoms with Crippen molar-refractivity contribution in [1.29, 1.82) is 0 Å². The number of aromatic nitrogens is 2. The Bertz CT molecular complexity index is 646. The van der Waals surface area contributed by atoms with E-state index < -0.39 is 0 Å². The van der Waals surface area contributed by atoms with E-state index in [1.165, 1.54) is 11.1 Å². The van der Waals surface area contributed by atoms with Crippen LogP contribution in [0.3, 0.4) is 0 Å². The van der Waals surface area contributed by atoms with Gasteiger partial charge in [0.1, 0.15) is 0 Å². The summed E-state index contributed by atoms with van der Waals surface area (Å²) in [6, 6.07) is 5.56. The van der Waals surface area contributed by atoms with Gasteiger partial charge in [0.25, 0.3) is 0 Å². The number of hydrogen-bond acceptors (Lipinski definition) is 3. The number of carbonyl (C=O) groups excluding carboxylic acids is 1. The molecule has 0 spiro atoms. The van der Waals surface area contributed by atoms with Crippen LogP contribution in [0.4, 0.5) is 0 Å². The van der Waals surface area contributed by atoms with Crippen LogP contribution in [-0.4, -0.2) is 15.7 Å². The van der Waals surface area contributed by atoms with Gasteiger partial charge in [-0.3, -0.25) is 9.48 Å². The number of aryl methyl sites for hydroxylation is 3. The summed E-state index contributed by atoms with van der Waals surface area (Å²) < 4.78 is 1.85. The van der Waals surface area contributed by atoms with Gasteiger partial charge in [-0.15, -0.1) is 0 Å². The Morgan fingerprint density at radius 3 is 2.67 bits per heavy atom. The van der Waals surface area contributed by atoms with E-state index in [0.29, 0.717) is 5.56 Å². The molecule has 0 bridgehead atoms. The normalized spacial score (nSPS) is 10.8. The minimum Gasteiger partial charge on any atom is -0.366 e. The van der Waals surface area contributed by atoms with Crippen molar-refractivity contribution in [3.8, 4) is 0 Å². The number of nitrogens with zero attached hydrogens (tertiary/aromatic N) is 2. The van der Waals surface area contributed by atoms with E-state index in [4.69, 9.17) is 5.73 Å². The molecular formula is C16H22N4O. The SMILES string of the molecule is CCc1nn(C)cc1CNCc1ccc(C(N)=O)cc1C. The monoisotopic (exact) mass is 286 g/mol. The van der Waals surface area contributed by atoms with Crippen molar-refractivity contribution in [2.75, 3.05) is 0 Å². The van der Waals surface area contributed by atoms with Crippen LogP contribution >= 0.6 is 0 Å². The van der Waals surface area contributed by atoms with Crippen LogP contribution in [-0.2, 0) is 26.6 Å². The largest absolute Gasteiger partial charge is 0.366 e. The molecule has 0 aliphatic rings. The van der Waals surface area contributed by atoms with Crippen LogP contribution in [0.25, 0.3) is 0 Å². The van der Waals surface area contributed by atoms with Crippen molar-refractivity contribution in [3.63, 3.8) is 0 Å². The molecule has 0 aliphatic heterocycles. The zero-order valence-corrected chi connectivity index (χ0v) is 12.8. The second kappa shape index (κ2) is 6.54. The number of amides is 1. The Morgan fingerprint density at radius 2 is 2.05 bits per heavy atom. The maximum absolute atomic E-state index is 11.1. The molecule has 0 unspecified atom stereocenters. The highest BCUT2D eigenvalue weighted by Crippen LogP contribution is 2.12. The van der Waals surface area contributed by atoms with E-state index in [1.54, 1.807) is 6.07 Å². The highest BCUT2D eigenvalue weighted by molar-refractivity contribution is 5.93. The Morgan fingerprint density at radius 1 is 1.33 bits per heavy atom. The summed E-state index contributed by atoms with van der Waals surface area (Å²) in [7, 11) is 1.94. The summed E-state index contributed by atoms with van der Waals surface area (Å²) >= 11 is 0. The van der Waals surface area contributed by atoms with Gasteiger partial charge in [-0.1, -0.05) is 13.0 Å². The number of nitrogens with one attached hydrogen (secondary N) is 1. The van der Waals surface area contributed by atoms with Gasteiger partial charge in [0, 0.05) is 37.5 Å². The third-order valence-corrected chi connectivity index (χ3v) is 3.58. The molecule has 1 aromatic heterocycles. The number of carbonyl (C=O) groups is 1. The topological polar surface area (TPSA) is 72.9 Å². The fraction of sp³-hybridized carbons (Fsp3) is 0.375. The van der Waals surface area contributed by atoms with Crippen LogP contribution in [0.2, 0.25) is 0 Å². The second-order valence-electron chi connectivity index (χ2n) is 5.24. The molecule has 0 fully saturated rings. The van der Waals surface area contributed by atoms with E-state index >= 15 is 0 Å². The number of rotatable bonds is 6. The summed E-state index contributed by atoms with van der Waals surface area (Å²) in [5, 5.41) is 7.85. The minimum atomic E-state index is -0.388. The van der Waals surface area contributed by atoms with E-state index in [0.717, 1.165) is 30.8 Å². The van der Waals surface area contributed by atoms with Crippen molar-refractivity contribution in [3.05, 3.63) is 52.3 Å². The van der Waals surface area contributed by atoms with Gasteiger partial charge in [-0.2, -0.15) is 5.10 Å². The average Bonchev–Trinajstić information content (AvgIpc) is 2.80. The lowest BCUT2D eigenvalue weighted by Crippen LogP contribution is -2.15. The first-order valence-electron chi connectivity index (χ1n) is 7.12. The molecule has 0 atom stereocenters. The molecule has 2 aromatic rings. The first-order chi connectivity index (χ1) is 10.0. The highest BCUT2D eigenvalue weighted by Gasteiger charge is 2.07. The van der Waals surface area contributed by atoms with Gasteiger partial charge in [0.15, 0.2) is 0 Å². The van der Waals surface area contributed by atoms with Crippen LogP contribution in [0.1, 0.15) is 39.7 Å². The Balaban J connectivity index is 1.98. The number of nitrogens with two attached hydrogens (primary N) is 1. The molecule has 112 valence electrons. The molecule has 21 heavy (non-hydrogen) atoms. The molecule has 0 saturated carbocycles. The van der Waals surface area contributed by atoms with Crippen molar-refractivity contribution < 1.29 is 4.79 Å². The van der Waals surface area contributed by atoms with Crippen molar-refractivity contribution in [1.82, 2.24) is 15.1 Å². The van der Waals surface area contributed by atoms with Gasteiger partial charge in [0.05, 0.1) is 5.69 Å². The number of primary amides is 1. The third kappa shape index (κ3) is 3.70. The van der Waals surface area contributed by atoms with Crippen molar-refractivity contribution in [2.24, 2.45) is 12.8 Å². The molecule has 1 heterocycles. The lowest BCUT2D eigenvalue weighted by molar-refractivity contribution is 0.1000. The van der Waals surface area contributed by atoms with Gasteiger partial charge in [-0.25, -0.2) is 0 Å². The lowest BCUT2D eigenvalue weighted by atomic mass is 10.0. The van der Waals surface area contributed by atoms with Crippen LogP contribution < -0.4 is 11.1 Å². The molecule has 0 aliphatic carbocycles. The van der Waals surface area contributed by atoms with E-state index in [-0.39, 0.29) is 5.91 Å². The molecule has 0 radical (unpaired) electrons. The minimum absolute atomic E-state index is 0.388. The quantitative estimate of drug-likeness (QED) is 0.848. The van der Waals surface area contributed by atoms with Crippen molar-refractivity contribution >= 4 is 5.91 Å². The maximum Gasteiger partial charge on any atom is 0.248 e. The Kier molecular flexibility index (Phi) is 4.75. The first kappa shape index (κ1) is 15.3. The molecule has 5 heteroatoms. The van der Waals surface area contributed by atoms with Crippen LogP contribution in [0.5, 0.6) is 0 Å². The summed E-state index contributed by atoms with van der Waals surface area (Å²) in [5.41, 5.74) is 10.4. The fourth-order valence-corrected chi connectivity index (χ4v) is 2.41. The molecular weight excluding hydrogens is 264 g/mol. The predicted molar refractivity (Wildman–Crippen MR) is 82.8 cm³/mol. The summed E-state index contributed by atoms with van der Waals surface area (Å²) in [6.07, 6.45) is 2.99. The molecule has 1 amide bonds. The molecule has 3 N–H and O–H groups in total. The molecule has 0 saturated heterocycles. The number of benzene rings is 1. The Hall–Kier alpha value is -2.14. The summed E-state index contributed by atoms with van der Waals surface area (Å²) in [6.45, 7) is 5.64. The van der Waals surface area contributed by atoms with Gasteiger partial charge in [0.2, 0.25) is 5.91 Å². The van der Waals surface area contributed by atoms with Gasteiger partial charge in [-0.05, 0) is 36.6 Å². The molecule has 2 rings (SSSR count). The highest BCUT2D eigenvalue weighted by atomic mass is 16.1. The smallest absolute Gasteiger partial charge is 0.248 e. The standard InChI is InChI=1S/C16H22N4O/c1-4-15-14(10-20(3)19-15)9-18-8-13-6-5-12(16(17)21)7-11(13)2/h5-7,10,18H,4,8-9H2,1-3H3,(H2,17,21). The zero-order valence-electron chi connectivity index (χ0n) is 12.8. The van der Waals surface area contributed by atoms with E-state index in [1.807, 2.05) is 30.8 Å². The molecule has 5 nitrogen and oxygen atoms in total. The van der Waals surface area contributed by atoms with Gasteiger partial charge < -0.3 is 11.1 Å². The average molecular weight is 286 g/mol. The fourth-order valence-electron chi connectivity index (χ4n) is 2.41. The van der Waals surface area contributed by atoms with Crippen molar-refractivity contribution in [2.45, 2.75) is 33.4 Å². The second-order valence-corrected chi connectivity index (χ2v) is 5.24. The van der Waals surface area contributed by atoms with Crippen LogP contribution in [0.15, 0.2) is 24.4 Å². The van der Waals surface area contributed by atoms with Gasteiger partial charge >= 0.3 is 0 Å². The third-order valence-electron chi connectivity index (χ3n) is 3.58. The van der Waals surface area contributed by atoms with E-state index in [9.17, 15) is 4.79 Å². The van der Waals surface area contributed by atoms with Crippen LogP contribution in [0, 0.1) is 6.92 Å². The number of hydrogen-bond donors (Lipinski definition) is 2. The maximum atomic E-state index is 11.1. The molecule has 1 aromatic carbocycles. The lowest BCUT2D eigenvalue weighted by Gasteiger charge is -2.09. The first-order valence-corrected chi connectivity index (χ1v) is 7.12. The Labute approximate surface area is 125 Å². The zero-order chi connectivity index (χ0) is 15.4. The predicted octanol–water partition coefficient (Wildman–Crippen LogP) is 1.68. The summed E-state index contributed by atoms with van der Waals surface area (Å²) in [4.78, 5) is 11.1.